The molecule has 2 aliphatic carbocycles. The van der Waals surface area contributed by atoms with E-state index in [1.807, 2.05) is 0 Å². The Balaban J connectivity index is 1.40. The van der Waals surface area contributed by atoms with Crippen molar-refractivity contribution in [3.05, 3.63) is 59.7 Å². The molecule has 0 atom stereocenters. The van der Waals surface area contributed by atoms with Gasteiger partial charge in [0.1, 0.15) is 0 Å². The summed E-state index contributed by atoms with van der Waals surface area (Å²) in [5.74, 6) is -0.321. The lowest BCUT2D eigenvalue weighted by Crippen LogP contribution is -2.44. The first-order chi connectivity index (χ1) is 19.7. The minimum Gasteiger partial charge on any atom is -0.858 e. The molecule has 0 radical (unpaired) electrons. The second-order valence-electron chi connectivity index (χ2n) is 11.8. The fraction of sp³-hybridized carbons (Fsp3) is 0.516. The summed E-state index contributed by atoms with van der Waals surface area (Å²) in [4.78, 5) is 40.1. The van der Waals surface area contributed by atoms with Crippen LogP contribution in [0.4, 0.5) is 0 Å². The van der Waals surface area contributed by atoms with E-state index in [4.69, 9.17) is 0 Å². The van der Waals surface area contributed by atoms with Crippen LogP contribution in [0, 0.1) is 13.8 Å². The molecule has 3 aliphatic rings. The SMILES string of the molecule is Cc1c2c(n(C)c(=O)/c1=C/C=Cc1c(C)c3c([O-])n(C4CCCCC4)nc3n(C)c1=O)=NN(C1CCCCC1)C2=O. The Labute approximate surface area is 237 Å². The fourth-order valence-corrected chi connectivity index (χ4v) is 6.86. The van der Waals surface area contributed by atoms with Crippen molar-refractivity contribution in [3.8, 4) is 5.88 Å². The maximum Gasteiger partial charge on any atom is 0.278 e. The average Bonchev–Trinajstić information content (AvgIpc) is 3.52. The smallest absolute Gasteiger partial charge is 0.278 e. The van der Waals surface area contributed by atoms with Gasteiger partial charge in [-0.05, 0) is 68.7 Å². The molecule has 2 saturated carbocycles. The third kappa shape index (κ3) is 4.35. The highest BCUT2D eigenvalue weighted by atomic mass is 16.3. The van der Waals surface area contributed by atoms with E-state index < -0.39 is 0 Å². The molecule has 3 aromatic heterocycles. The molecule has 0 saturated heterocycles. The van der Waals surface area contributed by atoms with Crippen molar-refractivity contribution in [3.63, 3.8) is 0 Å². The standard InChI is InChI=1S/C31H38N6O4/c1-18-22(28(38)34(3)26-24(18)30(40)36(32-26)20-12-7-5-8-13-20)16-11-17-23-19(2)25-27(35(4)29(23)39)33-37(31(25)41)21-14-9-6-10-15-21/h11,16-17,20-21,40H,5-10,12-15H2,1-4H3/p-1/b16-11?,23-17+. The van der Waals surface area contributed by atoms with Crippen LogP contribution in [0.1, 0.15) is 97.3 Å². The van der Waals surface area contributed by atoms with E-state index >= 15 is 0 Å². The van der Waals surface area contributed by atoms with Gasteiger partial charge in [-0.25, -0.2) is 5.01 Å². The summed E-state index contributed by atoms with van der Waals surface area (Å²) >= 11 is 0. The number of pyridine rings is 2. The summed E-state index contributed by atoms with van der Waals surface area (Å²) < 4.78 is 4.44. The van der Waals surface area contributed by atoms with Gasteiger partial charge in [-0.15, -0.1) is 0 Å². The van der Waals surface area contributed by atoms with Gasteiger partial charge < -0.3 is 5.11 Å². The van der Waals surface area contributed by atoms with Gasteiger partial charge in [0.25, 0.3) is 17.0 Å². The van der Waals surface area contributed by atoms with E-state index in [-0.39, 0.29) is 35.0 Å². The average molecular weight is 558 g/mol. The summed E-state index contributed by atoms with van der Waals surface area (Å²) in [6.07, 6.45) is 15.2. The molecule has 3 aromatic rings. The number of carbonyl (C=O) groups is 1. The predicted octanol–water partition coefficient (Wildman–Crippen LogP) is 2.45. The van der Waals surface area contributed by atoms with Crippen molar-refractivity contribution >= 4 is 29.1 Å². The first kappa shape index (κ1) is 27.2. The molecule has 0 bridgehead atoms. The van der Waals surface area contributed by atoms with E-state index in [0.717, 1.165) is 51.4 Å². The number of allylic oxidation sites excluding steroid dienone is 1. The van der Waals surface area contributed by atoms with Crippen LogP contribution >= 0.6 is 0 Å². The second-order valence-corrected chi connectivity index (χ2v) is 11.8. The first-order valence-electron chi connectivity index (χ1n) is 14.8. The van der Waals surface area contributed by atoms with Gasteiger partial charge in [-0.3, -0.25) is 28.2 Å². The molecule has 0 N–H and O–H groups in total. The van der Waals surface area contributed by atoms with Gasteiger partial charge in [-0.1, -0.05) is 44.6 Å². The number of rotatable bonds is 4. The van der Waals surface area contributed by atoms with E-state index in [2.05, 4.69) is 10.2 Å². The molecule has 10 heteroatoms. The molecule has 4 heterocycles. The van der Waals surface area contributed by atoms with Gasteiger partial charge in [0.2, 0.25) is 0 Å². The number of hydrogen-bond donors (Lipinski definition) is 0. The first-order valence-corrected chi connectivity index (χ1v) is 14.8. The normalized spacial score (nSPS) is 19.1. The van der Waals surface area contributed by atoms with Gasteiger partial charge in [0.15, 0.2) is 11.1 Å². The number of aromatic nitrogens is 4. The Morgan fingerprint density at radius 3 is 2.12 bits per heavy atom. The largest absolute Gasteiger partial charge is 0.858 e. The third-order valence-corrected chi connectivity index (χ3v) is 9.33. The van der Waals surface area contributed by atoms with Crippen molar-refractivity contribution in [2.75, 3.05) is 0 Å². The molecule has 2 fully saturated rings. The summed E-state index contributed by atoms with van der Waals surface area (Å²) in [7, 11) is 3.27. The zero-order valence-corrected chi connectivity index (χ0v) is 24.3. The summed E-state index contributed by atoms with van der Waals surface area (Å²) in [6, 6.07) is 0.126. The number of amides is 1. The van der Waals surface area contributed by atoms with Crippen molar-refractivity contribution in [2.24, 2.45) is 19.2 Å². The number of fused-ring (bicyclic) bond motifs is 2. The van der Waals surface area contributed by atoms with Crippen LogP contribution < -0.4 is 26.9 Å². The Hall–Kier alpha value is -3.95. The highest BCUT2D eigenvalue weighted by Gasteiger charge is 2.34. The van der Waals surface area contributed by atoms with E-state index in [9.17, 15) is 19.5 Å². The molecule has 1 amide bonds. The van der Waals surface area contributed by atoms with E-state index in [0.29, 0.717) is 44.0 Å². The quantitative estimate of drug-likeness (QED) is 0.488. The van der Waals surface area contributed by atoms with E-state index in [1.54, 1.807) is 55.9 Å². The van der Waals surface area contributed by atoms with Crippen LogP contribution in [0.2, 0.25) is 0 Å². The van der Waals surface area contributed by atoms with Gasteiger partial charge in [0, 0.05) is 30.3 Å². The monoisotopic (exact) mass is 557 g/mol. The number of carbonyl (C=O) groups excluding carboxylic acids is 1. The Bertz CT molecular complexity index is 1830. The lowest BCUT2D eigenvalue weighted by atomic mass is 9.95. The zero-order chi connectivity index (χ0) is 29.0. The van der Waals surface area contributed by atoms with Crippen LogP contribution in [0.5, 0.6) is 5.88 Å². The number of hydrogen-bond acceptors (Lipinski definition) is 6. The van der Waals surface area contributed by atoms with Gasteiger partial charge in [-0.2, -0.15) is 10.2 Å². The Morgan fingerprint density at radius 1 is 0.829 bits per heavy atom. The fourth-order valence-electron chi connectivity index (χ4n) is 6.86. The van der Waals surface area contributed by atoms with Crippen LogP contribution in [0.25, 0.3) is 23.2 Å². The Morgan fingerprint density at radius 2 is 1.46 bits per heavy atom. The van der Waals surface area contributed by atoms with Gasteiger partial charge in [0.05, 0.1) is 17.6 Å². The molecule has 6 rings (SSSR count). The van der Waals surface area contributed by atoms with Crippen LogP contribution in [0.3, 0.4) is 0 Å². The number of nitrogens with zero attached hydrogens (tertiary/aromatic N) is 6. The van der Waals surface area contributed by atoms with Crippen molar-refractivity contribution < 1.29 is 9.90 Å². The zero-order valence-electron chi connectivity index (χ0n) is 24.3. The third-order valence-electron chi connectivity index (χ3n) is 9.33. The molecule has 0 aromatic carbocycles. The minimum absolute atomic E-state index is 0.0629. The molecule has 41 heavy (non-hydrogen) atoms. The topological polar surface area (TPSA) is 118 Å². The minimum atomic E-state index is -0.261. The van der Waals surface area contributed by atoms with Gasteiger partial charge >= 0.3 is 0 Å². The highest BCUT2D eigenvalue weighted by molar-refractivity contribution is 5.96. The van der Waals surface area contributed by atoms with Crippen LogP contribution in [0.15, 0.2) is 20.8 Å². The molecule has 216 valence electrons. The summed E-state index contributed by atoms with van der Waals surface area (Å²) in [5.41, 5.74) is 2.27. The highest BCUT2D eigenvalue weighted by Crippen LogP contribution is 2.34. The molecular formula is C31H37N6O4-. The molecule has 1 aliphatic heterocycles. The molecule has 0 unspecified atom stereocenters. The predicted molar refractivity (Wildman–Crippen MR) is 155 cm³/mol. The number of aryl methyl sites for hydroxylation is 2. The molecular weight excluding hydrogens is 520 g/mol. The maximum absolute atomic E-state index is 13.4. The van der Waals surface area contributed by atoms with Crippen molar-refractivity contribution in [1.29, 1.82) is 0 Å². The summed E-state index contributed by atoms with van der Waals surface area (Å²) in [5, 5.41) is 25.0. The van der Waals surface area contributed by atoms with Crippen LogP contribution in [-0.4, -0.2) is 35.9 Å². The van der Waals surface area contributed by atoms with Crippen molar-refractivity contribution in [2.45, 2.75) is 90.1 Å². The molecule has 10 nitrogen and oxygen atoms in total. The second kappa shape index (κ2) is 10.5. The van der Waals surface area contributed by atoms with Crippen LogP contribution in [-0.2, 0) is 14.1 Å². The van der Waals surface area contributed by atoms with Crippen molar-refractivity contribution in [1.82, 2.24) is 23.9 Å². The Kier molecular flexibility index (Phi) is 6.95. The lowest BCUT2D eigenvalue weighted by molar-refractivity contribution is -0.278. The molecule has 0 spiro atoms. The lowest BCUT2D eigenvalue weighted by Gasteiger charge is -2.27. The summed E-state index contributed by atoms with van der Waals surface area (Å²) in [6.45, 7) is 3.55. The van der Waals surface area contributed by atoms with E-state index in [1.165, 1.54) is 22.0 Å². The maximum atomic E-state index is 13.4.